The van der Waals surface area contributed by atoms with Gasteiger partial charge in [0.1, 0.15) is 12.6 Å². The molecule has 3 rings (SSSR count). The number of unbranched alkanes of at least 4 members (excludes halogenated alkanes) is 1. The number of carbonyl (C=O) groups is 1. The van der Waals surface area contributed by atoms with Gasteiger partial charge in [-0.3, -0.25) is 4.72 Å². The largest absolute Gasteiger partial charge is 0.504 e. The number of benzene rings is 2. The van der Waals surface area contributed by atoms with E-state index in [-0.39, 0.29) is 45.9 Å². The van der Waals surface area contributed by atoms with E-state index in [1.54, 1.807) is 24.3 Å². The number of sulfonamides is 1. The molecule has 1 aromatic heterocycles. The highest BCUT2D eigenvalue weighted by atomic mass is 32.2. The van der Waals surface area contributed by atoms with Gasteiger partial charge in [0.05, 0.1) is 11.5 Å². The summed E-state index contributed by atoms with van der Waals surface area (Å²) in [6.45, 7) is 6.26. The van der Waals surface area contributed by atoms with E-state index in [1.165, 1.54) is 24.3 Å². The van der Waals surface area contributed by atoms with Gasteiger partial charge in [0.15, 0.2) is 17.3 Å². The fourth-order valence-electron chi connectivity index (χ4n) is 2.93. The number of aromatic nitrogens is 2. The van der Waals surface area contributed by atoms with Crippen LogP contribution in [0.25, 0.3) is 0 Å². The molecule has 0 saturated carbocycles. The molecule has 0 amide bonds. The Morgan fingerprint density at radius 3 is 2.41 bits per heavy atom. The van der Waals surface area contributed by atoms with E-state index in [4.69, 9.17) is 9.47 Å². The van der Waals surface area contributed by atoms with Crippen molar-refractivity contribution in [1.29, 1.82) is 0 Å². The summed E-state index contributed by atoms with van der Waals surface area (Å²) in [5, 5.41) is 10.1. The third-order valence-corrected chi connectivity index (χ3v) is 6.17. The van der Waals surface area contributed by atoms with Gasteiger partial charge in [0.25, 0.3) is 15.9 Å². The molecule has 2 aromatic carbocycles. The van der Waals surface area contributed by atoms with Gasteiger partial charge in [-0.15, -0.1) is 0 Å². The third kappa shape index (κ3) is 6.22. The second-order valence-corrected chi connectivity index (χ2v) is 10.1. The molecular formula is C24H27N3O6S. The first-order valence-corrected chi connectivity index (χ1v) is 12.1. The van der Waals surface area contributed by atoms with Crippen LogP contribution in [-0.4, -0.2) is 36.4 Å². The van der Waals surface area contributed by atoms with Crippen LogP contribution in [0.5, 0.6) is 23.1 Å². The lowest BCUT2D eigenvalue weighted by Gasteiger charge is -2.19. The Hall–Kier alpha value is -3.66. The molecule has 2 N–H and O–H groups in total. The highest BCUT2D eigenvalue weighted by Crippen LogP contribution is 2.39. The molecular weight excluding hydrogens is 458 g/mol. The number of nitrogens with zero attached hydrogens (tertiary/aromatic N) is 2. The molecule has 9 nitrogen and oxygen atoms in total. The molecule has 0 spiro atoms. The normalized spacial score (nSPS) is 11.6. The van der Waals surface area contributed by atoms with Crippen molar-refractivity contribution in [2.75, 3.05) is 11.3 Å². The Kier molecular flexibility index (Phi) is 7.72. The number of aromatic hydroxyl groups is 1. The molecule has 34 heavy (non-hydrogen) atoms. The number of aldehydes is 1. The second kappa shape index (κ2) is 10.5. The molecule has 0 bridgehead atoms. The van der Waals surface area contributed by atoms with Crippen molar-refractivity contribution in [3.05, 3.63) is 60.4 Å². The van der Waals surface area contributed by atoms with E-state index in [9.17, 15) is 18.3 Å². The second-order valence-electron chi connectivity index (χ2n) is 8.46. The summed E-state index contributed by atoms with van der Waals surface area (Å²) in [7, 11) is -4.03. The predicted molar refractivity (Wildman–Crippen MR) is 127 cm³/mol. The highest BCUT2D eigenvalue weighted by Gasteiger charge is 2.23. The number of anilines is 1. The number of para-hydroxylation sites is 2. The summed E-state index contributed by atoms with van der Waals surface area (Å²) in [6.07, 6.45) is 2.64. The van der Waals surface area contributed by atoms with Crippen molar-refractivity contribution in [2.45, 2.75) is 43.9 Å². The zero-order chi connectivity index (χ0) is 24.8. The standard InChI is InChI=1S/C24H27N3O6S/c1-24(2,3)17-10-12-18(13-11-17)34(30,31)27-22-21(33-20-9-5-4-8-19(20)29)23(26-16-25-22)32-15-7-6-14-28/h4-5,8-14,16,29H,6-7,15H2,1-3H3,(H,25,26,27). The van der Waals surface area contributed by atoms with Gasteiger partial charge in [-0.1, -0.05) is 45.0 Å². The van der Waals surface area contributed by atoms with Crippen LogP contribution in [0.4, 0.5) is 5.82 Å². The summed E-state index contributed by atoms with van der Waals surface area (Å²) < 4.78 is 40.0. The number of rotatable bonds is 10. The number of hydrogen-bond acceptors (Lipinski definition) is 8. The molecule has 1 heterocycles. The molecule has 10 heteroatoms. The van der Waals surface area contributed by atoms with Crippen LogP contribution in [0.2, 0.25) is 0 Å². The summed E-state index contributed by atoms with van der Waals surface area (Å²) in [6, 6.07) is 12.7. The minimum atomic E-state index is -4.03. The predicted octanol–water partition coefficient (Wildman–Crippen LogP) is 4.43. The number of phenols is 1. The third-order valence-electron chi connectivity index (χ3n) is 4.82. The van der Waals surface area contributed by atoms with Gasteiger partial charge in [-0.2, -0.15) is 4.98 Å². The number of phenolic OH excluding ortho intramolecular Hbond substituents is 1. The molecule has 0 aliphatic carbocycles. The zero-order valence-electron chi connectivity index (χ0n) is 19.2. The maximum atomic E-state index is 13.1. The van der Waals surface area contributed by atoms with Crippen molar-refractivity contribution in [2.24, 2.45) is 0 Å². The van der Waals surface area contributed by atoms with Crippen molar-refractivity contribution in [3.63, 3.8) is 0 Å². The van der Waals surface area contributed by atoms with E-state index < -0.39 is 10.0 Å². The van der Waals surface area contributed by atoms with Crippen LogP contribution < -0.4 is 14.2 Å². The van der Waals surface area contributed by atoms with Crippen molar-refractivity contribution in [1.82, 2.24) is 9.97 Å². The molecule has 3 aromatic rings. The van der Waals surface area contributed by atoms with Crippen LogP contribution in [0.3, 0.4) is 0 Å². The lowest BCUT2D eigenvalue weighted by atomic mass is 9.87. The SMILES string of the molecule is CC(C)(C)c1ccc(S(=O)(=O)Nc2ncnc(OCCCC=O)c2Oc2ccccc2O)cc1. The van der Waals surface area contributed by atoms with Crippen LogP contribution >= 0.6 is 0 Å². The Labute approximate surface area is 198 Å². The number of hydrogen-bond donors (Lipinski definition) is 2. The minimum absolute atomic E-state index is 0.0371. The number of carbonyl (C=O) groups excluding carboxylic acids is 1. The Balaban J connectivity index is 1.95. The lowest BCUT2D eigenvalue weighted by molar-refractivity contribution is -0.108. The van der Waals surface area contributed by atoms with E-state index >= 15 is 0 Å². The smallest absolute Gasteiger partial charge is 0.263 e. The van der Waals surface area contributed by atoms with Crippen LogP contribution in [-0.2, 0) is 20.2 Å². The quantitative estimate of drug-likeness (QED) is 0.319. The van der Waals surface area contributed by atoms with Gasteiger partial charge in [-0.25, -0.2) is 13.4 Å². The fraction of sp³-hybridized carbons (Fsp3) is 0.292. The summed E-state index contributed by atoms with van der Waals surface area (Å²) in [5.74, 6) is -0.423. The van der Waals surface area contributed by atoms with Crippen molar-refractivity contribution in [3.8, 4) is 23.1 Å². The van der Waals surface area contributed by atoms with E-state index in [1.807, 2.05) is 20.8 Å². The minimum Gasteiger partial charge on any atom is -0.504 e. The van der Waals surface area contributed by atoms with Gasteiger partial charge in [-0.05, 0) is 41.7 Å². The Morgan fingerprint density at radius 2 is 1.76 bits per heavy atom. The topological polar surface area (TPSA) is 128 Å². The Morgan fingerprint density at radius 1 is 1.06 bits per heavy atom. The van der Waals surface area contributed by atoms with Crippen LogP contribution in [0, 0.1) is 0 Å². The maximum absolute atomic E-state index is 13.1. The first-order valence-electron chi connectivity index (χ1n) is 10.6. The molecule has 0 fully saturated rings. The average Bonchev–Trinajstić information content (AvgIpc) is 2.79. The lowest BCUT2D eigenvalue weighted by Crippen LogP contribution is -2.16. The zero-order valence-corrected chi connectivity index (χ0v) is 20.0. The van der Waals surface area contributed by atoms with E-state index in [0.717, 1.165) is 18.2 Å². The van der Waals surface area contributed by atoms with E-state index in [0.29, 0.717) is 12.8 Å². The maximum Gasteiger partial charge on any atom is 0.263 e. The molecule has 0 unspecified atom stereocenters. The van der Waals surface area contributed by atoms with E-state index in [2.05, 4.69) is 14.7 Å². The van der Waals surface area contributed by atoms with Crippen LogP contribution in [0.15, 0.2) is 59.8 Å². The molecule has 180 valence electrons. The summed E-state index contributed by atoms with van der Waals surface area (Å²) in [4.78, 5) is 18.7. The van der Waals surface area contributed by atoms with Gasteiger partial charge < -0.3 is 19.4 Å². The van der Waals surface area contributed by atoms with Crippen LogP contribution in [0.1, 0.15) is 39.2 Å². The van der Waals surface area contributed by atoms with Gasteiger partial charge in [0.2, 0.25) is 5.75 Å². The number of ether oxygens (including phenoxy) is 2. The molecule has 0 saturated heterocycles. The van der Waals surface area contributed by atoms with Crippen molar-refractivity contribution >= 4 is 22.1 Å². The number of nitrogens with one attached hydrogen (secondary N) is 1. The molecule has 0 aliphatic rings. The highest BCUT2D eigenvalue weighted by molar-refractivity contribution is 7.92. The van der Waals surface area contributed by atoms with Gasteiger partial charge >= 0.3 is 0 Å². The van der Waals surface area contributed by atoms with Gasteiger partial charge in [0, 0.05) is 6.42 Å². The average molecular weight is 486 g/mol. The summed E-state index contributed by atoms with van der Waals surface area (Å²) >= 11 is 0. The molecule has 0 aliphatic heterocycles. The van der Waals surface area contributed by atoms with Crippen molar-refractivity contribution < 1.29 is 27.8 Å². The first kappa shape index (κ1) is 25.0. The fourth-order valence-corrected chi connectivity index (χ4v) is 3.95. The first-order chi connectivity index (χ1) is 16.1. The molecule has 0 atom stereocenters. The molecule has 0 radical (unpaired) electrons. The monoisotopic (exact) mass is 485 g/mol. The summed E-state index contributed by atoms with van der Waals surface area (Å²) in [5.41, 5.74) is 0.861. The Bertz CT molecular complexity index is 1240.